The fraction of sp³-hybridized carbons (Fsp3) is 0.364. The number of hydrogen-bond donors (Lipinski definition) is 1. The molecule has 0 spiro atoms. The molecule has 28 heavy (non-hydrogen) atoms. The molecule has 3 rings (SSSR count). The van der Waals surface area contributed by atoms with Crippen LogP contribution in [0, 0.1) is 12.8 Å². The summed E-state index contributed by atoms with van der Waals surface area (Å²) in [7, 11) is 0. The summed E-state index contributed by atoms with van der Waals surface area (Å²) in [6, 6.07) is 9.57. The van der Waals surface area contributed by atoms with E-state index < -0.39 is 0 Å². The van der Waals surface area contributed by atoms with E-state index >= 15 is 0 Å². The Hall–Kier alpha value is -2.60. The fourth-order valence-corrected chi connectivity index (χ4v) is 4.26. The van der Waals surface area contributed by atoms with Gasteiger partial charge in [-0.2, -0.15) is 0 Å². The van der Waals surface area contributed by atoms with Crippen molar-refractivity contribution in [1.29, 1.82) is 0 Å². The van der Waals surface area contributed by atoms with Crippen LogP contribution in [0.5, 0.6) is 5.75 Å². The molecule has 1 aromatic carbocycles. The van der Waals surface area contributed by atoms with Gasteiger partial charge >= 0.3 is 0 Å². The number of hydrogen-bond acceptors (Lipinski definition) is 4. The van der Waals surface area contributed by atoms with Crippen molar-refractivity contribution in [1.82, 2.24) is 9.88 Å². The molecule has 0 unspecified atom stereocenters. The van der Waals surface area contributed by atoms with Gasteiger partial charge in [0.1, 0.15) is 5.75 Å². The largest absolute Gasteiger partial charge is 0.494 e. The van der Waals surface area contributed by atoms with Crippen LogP contribution in [0.1, 0.15) is 41.6 Å². The molecule has 0 bridgehead atoms. The Labute approximate surface area is 169 Å². The number of thiophene rings is 1. The van der Waals surface area contributed by atoms with Gasteiger partial charge in [-0.05, 0) is 43.5 Å². The van der Waals surface area contributed by atoms with Crippen LogP contribution in [-0.2, 0) is 13.1 Å². The van der Waals surface area contributed by atoms with Crippen molar-refractivity contribution in [3.8, 4) is 5.75 Å². The molecular weight excluding hydrogens is 372 g/mol. The summed E-state index contributed by atoms with van der Waals surface area (Å²) < 4.78 is 7.99. The Morgan fingerprint density at radius 1 is 1.21 bits per heavy atom. The second kappa shape index (κ2) is 8.61. The zero-order chi connectivity index (χ0) is 20.3. The predicted molar refractivity (Wildman–Crippen MR) is 114 cm³/mol. The maximum Gasteiger partial charge on any atom is 0.260 e. The summed E-state index contributed by atoms with van der Waals surface area (Å²) in [5.41, 5.74) is 1.38. The van der Waals surface area contributed by atoms with Crippen LogP contribution in [0.15, 0.2) is 41.3 Å². The summed E-state index contributed by atoms with van der Waals surface area (Å²) >= 11 is 1.49. The van der Waals surface area contributed by atoms with Gasteiger partial charge < -0.3 is 14.6 Å². The Morgan fingerprint density at radius 2 is 1.93 bits per heavy atom. The molecular formula is C22H26N2O3S. The minimum atomic E-state index is -0.211. The molecule has 5 nitrogen and oxygen atoms in total. The van der Waals surface area contributed by atoms with E-state index in [4.69, 9.17) is 4.74 Å². The van der Waals surface area contributed by atoms with Crippen LogP contribution in [0.3, 0.4) is 0 Å². The Balaban J connectivity index is 1.84. The number of fused-ring (bicyclic) bond motifs is 1. The number of nitrogens with one attached hydrogen (secondary N) is 1. The summed E-state index contributed by atoms with van der Waals surface area (Å²) in [5, 5.41) is 3.48. The van der Waals surface area contributed by atoms with Gasteiger partial charge in [-0.3, -0.25) is 9.59 Å². The van der Waals surface area contributed by atoms with Gasteiger partial charge in [0, 0.05) is 28.9 Å². The molecule has 0 aliphatic rings. The van der Waals surface area contributed by atoms with Crippen molar-refractivity contribution in [2.45, 2.75) is 40.8 Å². The number of carbonyl (C=O) groups excluding carboxylic acids is 1. The molecule has 3 aromatic rings. The van der Waals surface area contributed by atoms with E-state index in [1.54, 1.807) is 4.57 Å². The lowest BCUT2D eigenvalue weighted by molar-refractivity contribution is 0.0952. The second-order valence-electron chi connectivity index (χ2n) is 7.20. The van der Waals surface area contributed by atoms with Crippen LogP contribution < -0.4 is 15.6 Å². The zero-order valence-electron chi connectivity index (χ0n) is 16.7. The van der Waals surface area contributed by atoms with Crippen molar-refractivity contribution in [3.05, 3.63) is 62.9 Å². The third kappa shape index (κ3) is 4.28. The average molecular weight is 399 g/mol. The minimum absolute atomic E-state index is 0.0956. The maximum absolute atomic E-state index is 13.0. The van der Waals surface area contributed by atoms with Gasteiger partial charge in [0.25, 0.3) is 11.5 Å². The van der Waals surface area contributed by atoms with Crippen LogP contribution in [0.4, 0.5) is 0 Å². The van der Waals surface area contributed by atoms with Gasteiger partial charge in [0.2, 0.25) is 0 Å². The highest BCUT2D eigenvalue weighted by atomic mass is 32.1. The topological polar surface area (TPSA) is 60.3 Å². The van der Waals surface area contributed by atoms with Crippen molar-refractivity contribution in [2.75, 3.05) is 6.61 Å². The van der Waals surface area contributed by atoms with Gasteiger partial charge in [-0.25, -0.2) is 0 Å². The molecule has 2 aromatic heterocycles. The SMILES string of the molecule is CCOc1ccc(CNC(=O)c2c(C)sc3ccn(CC(C)C)c(=O)c23)cc1. The smallest absolute Gasteiger partial charge is 0.260 e. The molecule has 0 radical (unpaired) electrons. The Kier molecular flexibility index (Phi) is 6.19. The molecule has 0 atom stereocenters. The normalized spacial score (nSPS) is 11.2. The molecule has 6 heteroatoms. The first-order chi connectivity index (χ1) is 13.4. The van der Waals surface area contributed by atoms with Crippen LogP contribution in [0.2, 0.25) is 0 Å². The third-order valence-electron chi connectivity index (χ3n) is 4.47. The molecule has 0 aliphatic heterocycles. The highest BCUT2D eigenvalue weighted by molar-refractivity contribution is 7.19. The monoisotopic (exact) mass is 398 g/mol. The first-order valence-electron chi connectivity index (χ1n) is 9.53. The fourth-order valence-electron chi connectivity index (χ4n) is 3.22. The standard InChI is InChI=1S/C22H26N2O3S/c1-5-27-17-8-6-16(7-9-17)12-23-21(25)19-15(4)28-18-10-11-24(13-14(2)3)22(26)20(18)19/h6-11,14H,5,12-13H2,1-4H3,(H,23,25). The molecule has 1 amide bonds. The van der Waals surface area contributed by atoms with Gasteiger partial charge in [-0.1, -0.05) is 26.0 Å². The van der Waals surface area contributed by atoms with Gasteiger partial charge in [0.05, 0.1) is 17.6 Å². The van der Waals surface area contributed by atoms with E-state index in [2.05, 4.69) is 19.2 Å². The van der Waals surface area contributed by atoms with E-state index in [1.807, 2.05) is 50.4 Å². The number of carbonyl (C=O) groups is 1. The first-order valence-corrected chi connectivity index (χ1v) is 10.3. The third-order valence-corrected chi connectivity index (χ3v) is 5.54. The van der Waals surface area contributed by atoms with E-state index in [1.165, 1.54) is 11.3 Å². The van der Waals surface area contributed by atoms with Crippen LogP contribution in [0.25, 0.3) is 10.1 Å². The molecule has 0 fully saturated rings. The van der Waals surface area contributed by atoms with Crippen molar-refractivity contribution >= 4 is 27.3 Å². The minimum Gasteiger partial charge on any atom is -0.494 e. The van der Waals surface area contributed by atoms with Gasteiger partial charge in [-0.15, -0.1) is 11.3 Å². The average Bonchev–Trinajstić information content (AvgIpc) is 3.00. The van der Waals surface area contributed by atoms with Crippen molar-refractivity contribution in [3.63, 3.8) is 0 Å². The summed E-state index contributed by atoms with van der Waals surface area (Å²) in [6.45, 7) is 9.63. The molecule has 0 saturated heterocycles. The lowest BCUT2D eigenvalue weighted by Crippen LogP contribution is -2.27. The number of benzene rings is 1. The van der Waals surface area contributed by atoms with Crippen LogP contribution in [-0.4, -0.2) is 17.1 Å². The number of rotatable bonds is 7. The number of aryl methyl sites for hydroxylation is 1. The number of aromatic nitrogens is 1. The first kappa shape index (κ1) is 20.1. The van der Waals surface area contributed by atoms with E-state index in [-0.39, 0.29) is 11.5 Å². The number of pyridine rings is 1. The number of amides is 1. The van der Waals surface area contributed by atoms with E-state index in [0.717, 1.165) is 20.9 Å². The highest BCUT2D eigenvalue weighted by Crippen LogP contribution is 2.28. The molecule has 0 aliphatic carbocycles. The molecule has 148 valence electrons. The Bertz CT molecular complexity index is 1030. The number of ether oxygens (including phenoxy) is 1. The van der Waals surface area contributed by atoms with Crippen molar-refractivity contribution in [2.24, 2.45) is 5.92 Å². The van der Waals surface area contributed by atoms with E-state index in [9.17, 15) is 9.59 Å². The highest BCUT2D eigenvalue weighted by Gasteiger charge is 2.20. The lowest BCUT2D eigenvalue weighted by Gasteiger charge is -2.10. The van der Waals surface area contributed by atoms with Crippen molar-refractivity contribution < 1.29 is 9.53 Å². The summed E-state index contributed by atoms with van der Waals surface area (Å²) in [4.78, 5) is 26.7. The zero-order valence-corrected chi connectivity index (χ0v) is 17.6. The quantitative estimate of drug-likeness (QED) is 0.643. The molecule has 2 heterocycles. The number of nitrogens with zero attached hydrogens (tertiary/aromatic N) is 1. The summed E-state index contributed by atoms with van der Waals surface area (Å²) in [5.74, 6) is 0.951. The van der Waals surface area contributed by atoms with E-state index in [0.29, 0.717) is 36.6 Å². The summed E-state index contributed by atoms with van der Waals surface area (Å²) in [6.07, 6.45) is 1.82. The molecule has 0 saturated carbocycles. The van der Waals surface area contributed by atoms with Gasteiger partial charge in [0.15, 0.2) is 0 Å². The lowest BCUT2D eigenvalue weighted by atomic mass is 10.1. The predicted octanol–water partition coefficient (Wildman–Crippen LogP) is 4.36. The molecule has 1 N–H and O–H groups in total. The maximum atomic E-state index is 13.0. The van der Waals surface area contributed by atoms with Crippen LogP contribution >= 0.6 is 11.3 Å². The second-order valence-corrected chi connectivity index (χ2v) is 8.46. The Morgan fingerprint density at radius 3 is 2.57 bits per heavy atom.